The zero-order valence-corrected chi connectivity index (χ0v) is 18.9. The van der Waals surface area contributed by atoms with E-state index in [0.717, 1.165) is 43.9 Å². The van der Waals surface area contributed by atoms with E-state index < -0.39 is 10.7 Å². The molecule has 160 valence electrons. The van der Waals surface area contributed by atoms with E-state index in [9.17, 15) is 9.18 Å². The first-order chi connectivity index (χ1) is 15.6. The zero-order valence-electron chi connectivity index (χ0n) is 18.9. The van der Waals surface area contributed by atoms with Gasteiger partial charge in [0.1, 0.15) is 5.82 Å². The summed E-state index contributed by atoms with van der Waals surface area (Å²) in [5.41, 5.74) is 3.74. The van der Waals surface area contributed by atoms with E-state index in [2.05, 4.69) is 15.9 Å². The topological polar surface area (TPSA) is 26.8 Å². The van der Waals surface area contributed by atoms with Gasteiger partial charge in [0.2, 0.25) is 0 Å². The van der Waals surface area contributed by atoms with Crippen LogP contribution in [-0.2, 0) is 0 Å². The van der Waals surface area contributed by atoms with Crippen LogP contribution in [0.1, 0.15) is 41.1 Å². The Morgan fingerprint density at radius 2 is 1.82 bits per heavy atom. The lowest BCUT2D eigenvalue weighted by Gasteiger charge is -2.63. The number of piperidine rings is 1. The molecular weight excluding hydrogens is 409 g/mol. The Kier molecular flexibility index (Phi) is 5.47. The second-order valence-electron chi connectivity index (χ2n) is 9.59. The molecule has 2 aromatic rings. The van der Waals surface area contributed by atoms with Gasteiger partial charge in [0.05, 0.1) is 42.8 Å². The number of halogens is 1. The predicted molar refractivity (Wildman–Crippen MR) is 133 cm³/mol. The molecule has 0 aliphatic carbocycles. The van der Waals surface area contributed by atoms with Crippen LogP contribution in [0, 0.1) is 5.82 Å². The fourth-order valence-electron chi connectivity index (χ4n) is 5.74. The fraction of sp³-hybridized carbons (Fsp3) is 0.458. The average Bonchev–Trinajstić information content (AvgIpc) is 3.12. The van der Waals surface area contributed by atoms with Crippen LogP contribution in [0.3, 0.4) is 0 Å². The number of Topliss-reactive ketones (excluding diaryl/α,β-unsaturated/α-hetero) is 1. The van der Waals surface area contributed by atoms with E-state index >= 15 is 0 Å². The molecule has 2 atom stereocenters. The lowest BCUT2D eigenvalue weighted by Crippen LogP contribution is -2.77. The normalized spacial score (nSPS) is 24.9. The summed E-state index contributed by atoms with van der Waals surface area (Å²) in [5, 5.41) is -2.85. The molecular formula is C24H24B4FN3O. The van der Waals surface area contributed by atoms with Crippen LogP contribution >= 0.6 is 0 Å². The summed E-state index contributed by atoms with van der Waals surface area (Å²) in [6.45, 7) is 2.54. The Morgan fingerprint density at radius 1 is 1.09 bits per heavy atom. The second kappa shape index (κ2) is 7.97. The molecule has 9 heteroatoms. The highest BCUT2D eigenvalue weighted by atomic mass is 19.1. The highest BCUT2D eigenvalue weighted by Crippen LogP contribution is 2.55. The molecule has 3 heterocycles. The molecule has 0 saturated carbocycles. The number of likely N-dealkylation sites (N-methyl/N-ethyl adjacent to an activating group) is 1. The van der Waals surface area contributed by atoms with Gasteiger partial charge in [0.25, 0.3) is 0 Å². The van der Waals surface area contributed by atoms with E-state index in [1.165, 1.54) is 17.7 Å². The maximum Gasteiger partial charge on any atom is 0.162 e. The first kappa shape index (κ1) is 22.6. The number of anilines is 2. The lowest BCUT2D eigenvalue weighted by molar-refractivity contribution is 0.0971. The van der Waals surface area contributed by atoms with Crippen LogP contribution in [0.5, 0.6) is 0 Å². The largest absolute Gasteiger partial charge is 0.384 e. The van der Waals surface area contributed by atoms with Crippen LogP contribution in [-0.4, -0.2) is 85.5 Å². The number of benzene rings is 2. The van der Waals surface area contributed by atoms with Gasteiger partial charge in [-0.1, -0.05) is 12.1 Å². The van der Waals surface area contributed by atoms with Gasteiger partial charge in [-0.2, -0.15) is 0 Å². The molecule has 33 heavy (non-hydrogen) atoms. The zero-order chi connectivity index (χ0) is 23.5. The van der Waals surface area contributed by atoms with Gasteiger partial charge in [0, 0.05) is 44.1 Å². The molecule has 3 aliphatic rings. The van der Waals surface area contributed by atoms with Crippen molar-refractivity contribution in [1.29, 1.82) is 0 Å². The number of para-hydroxylation sites is 1. The number of likely N-dealkylation sites (tertiary alicyclic amines) is 1. The third-order valence-corrected chi connectivity index (χ3v) is 7.68. The minimum absolute atomic E-state index is 0.0409. The Bertz CT molecular complexity index is 1080. The highest BCUT2D eigenvalue weighted by Gasteiger charge is 2.55. The van der Waals surface area contributed by atoms with Crippen LogP contribution in [0.2, 0.25) is 0 Å². The number of fused-ring (bicyclic) bond motifs is 3. The minimum atomic E-state index is -1.43. The summed E-state index contributed by atoms with van der Waals surface area (Å²) in [6.07, 6.45) is 2.06. The molecule has 1 fully saturated rings. The fourth-order valence-corrected chi connectivity index (χ4v) is 5.74. The molecule has 0 spiro atoms. The van der Waals surface area contributed by atoms with E-state index in [4.69, 9.17) is 31.4 Å². The Balaban J connectivity index is 1.30. The van der Waals surface area contributed by atoms with E-state index in [1.807, 2.05) is 19.2 Å². The minimum Gasteiger partial charge on any atom is -0.384 e. The van der Waals surface area contributed by atoms with Crippen molar-refractivity contribution in [1.82, 2.24) is 4.90 Å². The first-order valence-electron chi connectivity index (χ1n) is 11.5. The van der Waals surface area contributed by atoms with Crippen molar-refractivity contribution in [2.75, 3.05) is 36.5 Å². The molecule has 0 N–H and O–H groups in total. The summed E-state index contributed by atoms with van der Waals surface area (Å²) in [5.74, 6) is -0.0616. The molecule has 1 saturated heterocycles. The number of ketones is 1. The molecule has 5 rings (SSSR count). The molecule has 2 aromatic carbocycles. The number of carbonyl (C=O) groups is 1. The standard InChI is InChI=1S/C24H24B4FN3O/c1-30-20-5-2-4-17-18-14-31(12-3-6-21(33)15-7-9-16(29)10-8-15)13-11-19(18)32(22(17)20)24(27,28)23(30,25)26/h2,4-5,7-10,18-19H,3,6,11-14H2,1H3. The molecule has 2 unspecified atom stereocenters. The summed E-state index contributed by atoms with van der Waals surface area (Å²) in [7, 11) is 27.9. The smallest absolute Gasteiger partial charge is 0.162 e. The van der Waals surface area contributed by atoms with Crippen molar-refractivity contribution in [3.8, 4) is 0 Å². The van der Waals surface area contributed by atoms with Gasteiger partial charge < -0.3 is 14.7 Å². The molecule has 0 aromatic heterocycles. The van der Waals surface area contributed by atoms with Crippen molar-refractivity contribution < 1.29 is 9.18 Å². The summed E-state index contributed by atoms with van der Waals surface area (Å²) in [4.78, 5) is 18.7. The lowest BCUT2D eigenvalue weighted by atomic mass is 9.36. The number of hydrogen-bond acceptors (Lipinski definition) is 4. The number of nitrogens with zero attached hydrogens (tertiary/aromatic N) is 3. The Morgan fingerprint density at radius 3 is 2.55 bits per heavy atom. The number of carbonyl (C=O) groups excluding carboxylic acids is 1. The second-order valence-corrected chi connectivity index (χ2v) is 9.59. The van der Waals surface area contributed by atoms with Crippen molar-refractivity contribution in [3.63, 3.8) is 0 Å². The third-order valence-electron chi connectivity index (χ3n) is 7.68. The van der Waals surface area contributed by atoms with Crippen molar-refractivity contribution in [2.45, 2.75) is 41.9 Å². The van der Waals surface area contributed by atoms with E-state index in [1.54, 1.807) is 17.0 Å². The quantitative estimate of drug-likeness (QED) is 0.533. The van der Waals surface area contributed by atoms with Crippen molar-refractivity contribution in [3.05, 3.63) is 59.4 Å². The van der Waals surface area contributed by atoms with Gasteiger partial charge >= 0.3 is 0 Å². The van der Waals surface area contributed by atoms with Gasteiger partial charge in [-0.15, -0.1) is 0 Å². The maximum atomic E-state index is 13.1. The van der Waals surface area contributed by atoms with Gasteiger partial charge in [0.15, 0.2) is 5.78 Å². The van der Waals surface area contributed by atoms with Crippen molar-refractivity contribution >= 4 is 48.5 Å². The molecule has 0 amide bonds. The van der Waals surface area contributed by atoms with Crippen molar-refractivity contribution in [2.24, 2.45) is 0 Å². The van der Waals surface area contributed by atoms with Gasteiger partial charge in [-0.25, -0.2) is 4.39 Å². The summed E-state index contributed by atoms with van der Waals surface area (Å²) in [6, 6.07) is 12.0. The Hall–Kier alpha value is -2.14. The van der Waals surface area contributed by atoms with Gasteiger partial charge in [-0.3, -0.25) is 4.79 Å². The molecule has 3 aliphatic heterocycles. The number of rotatable bonds is 5. The van der Waals surface area contributed by atoms with Gasteiger partial charge in [-0.05, 0) is 66.0 Å². The average molecular weight is 433 g/mol. The predicted octanol–water partition coefficient (Wildman–Crippen LogP) is 1.90. The third kappa shape index (κ3) is 3.46. The Labute approximate surface area is 200 Å². The molecule has 8 radical (unpaired) electrons. The molecule has 0 bridgehead atoms. The van der Waals surface area contributed by atoms with E-state index in [-0.39, 0.29) is 23.6 Å². The highest BCUT2D eigenvalue weighted by molar-refractivity contribution is 6.57. The number of hydrogen-bond donors (Lipinski definition) is 0. The summed E-state index contributed by atoms with van der Waals surface area (Å²) >= 11 is 0. The van der Waals surface area contributed by atoms with Crippen LogP contribution < -0.4 is 9.80 Å². The van der Waals surface area contributed by atoms with E-state index in [0.29, 0.717) is 12.0 Å². The summed E-state index contributed by atoms with van der Waals surface area (Å²) < 4.78 is 13.1. The van der Waals surface area contributed by atoms with Crippen LogP contribution in [0.15, 0.2) is 42.5 Å². The SMILES string of the molecule is [B]C1([B])N(C)c2cccc3c2N(C2CCN(CCCC(=O)c4ccc(F)cc4)CC32)C1([B])[B]. The van der Waals surface area contributed by atoms with Crippen LogP contribution in [0.25, 0.3) is 0 Å². The monoisotopic (exact) mass is 433 g/mol. The molecule has 4 nitrogen and oxygen atoms in total. The first-order valence-corrected chi connectivity index (χ1v) is 11.5. The van der Waals surface area contributed by atoms with Crippen LogP contribution in [0.4, 0.5) is 15.8 Å². The maximum absolute atomic E-state index is 13.1.